The van der Waals surface area contributed by atoms with E-state index >= 15 is 0 Å². The average Bonchev–Trinajstić information content (AvgIpc) is 3.08. The van der Waals surface area contributed by atoms with E-state index < -0.39 is 5.97 Å². The molecule has 2 N–H and O–H groups in total. The molecule has 6 heteroatoms. The number of rotatable bonds is 8. The van der Waals surface area contributed by atoms with Crippen molar-refractivity contribution in [3.05, 3.63) is 0 Å². The summed E-state index contributed by atoms with van der Waals surface area (Å²) in [6.07, 6.45) is 2.07. The number of amides is 2. The van der Waals surface area contributed by atoms with Gasteiger partial charge in [0.2, 0.25) is 0 Å². The van der Waals surface area contributed by atoms with Crippen LogP contribution in [0.1, 0.15) is 33.1 Å². The Kier molecular flexibility index (Phi) is 5.91. The number of hydrogen-bond donors (Lipinski definition) is 2. The summed E-state index contributed by atoms with van der Waals surface area (Å²) in [4.78, 5) is 24.0. The maximum atomic E-state index is 11.8. The predicted octanol–water partition coefficient (Wildman–Crippen LogP) is 1.06. The molecule has 6 nitrogen and oxygen atoms in total. The Hall–Kier alpha value is -1.30. The minimum absolute atomic E-state index is 0.00753. The minimum atomic E-state index is -0.878. The molecule has 0 atom stereocenters. The second kappa shape index (κ2) is 7.20. The Morgan fingerprint density at radius 1 is 1.44 bits per heavy atom. The van der Waals surface area contributed by atoms with Crippen molar-refractivity contribution in [1.82, 2.24) is 10.2 Å². The molecule has 0 aromatic carbocycles. The zero-order valence-corrected chi connectivity index (χ0v) is 11.0. The van der Waals surface area contributed by atoms with Gasteiger partial charge < -0.3 is 20.1 Å². The van der Waals surface area contributed by atoms with Crippen molar-refractivity contribution in [1.29, 1.82) is 0 Å². The fourth-order valence-corrected chi connectivity index (χ4v) is 1.61. The molecule has 18 heavy (non-hydrogen) atoms. The molecule has 1 saturated carbocycles. The summed E-state index contributed by atoms with van der Waals surface area (Å²) in [6.45, 7) is 5.07. The lowest BCUT2D eigenvalue weighted by molar-refractivity contribution is -0.137. The molecule has 0 heterocycles. The Morgan fingerprint density at radius 2 is 2.11 bits per heavy atom. The van der Waals surface area contributed by atoms with E-state index in [0.29, 0.717) is 13.2 Å². The van der Waals surface area contributed by atoms with E-state index in [0.717, 1.165) is 12.8 Å². The molecular weight excluding hydrogens is 236 g/mol. The largest absolute Gasteiger partial charge is 0.481 e. The monoisotopic (exact) mass is 258 g/mol. The average molecular weight is 258 g/mol. The fraction of sp³-hybridized carbons (Fsp3) is 0.833. The molecule has 1 fully saturated rings. The number of carboxylic acid groups (broad SMARTS) is 1. The lowest BCUT2D eigenvalue weighted by Crippen LogP contribution is -2.43. The Labute approximate surface area is 107 Å². The molecule has 0 spiro atoms. The minimum Gasteiger partial charge on any atom is -0.481 e. The summed E-state index contributed by atoms with van der Waals surface area (Å²) >= 11 is 0. The first-order valence-corrected chi connectivity index (χ1v) is 6.38. The molecule has 104 valence electrons. The summed E-state index contributed by atoms with van der Waals surface area (Å²) in [7, 11) is 0. The van der Waals surface area contributed by atoms with Gasteiger partial charge in [-0.2, -0.15) is 0 Å². The number of ether oxygens (including phenoxy) is 1. The Morgan fingerprint density at radius 3 is 2.61 bits per heavy atom. The number of carbonyl (C=O) groups excluding carboxylic acids is 1. The molecule has 1 rings (SSSR count). The molecule has 1 aliphatic carbocycles. The lowest BCUT2D eigenvalue weighted by atomic mass is 10.4. The van der Waals surface area contributed by atoms with E-state index in [1.165, 1.54) is 0 Å². The normalized spacial score (nSPS) is 14.6. The van der Waals surface area contributed by atoms with E-state index in [4.69, 9.17) is 9.84 Å². The van der Waals surface area contributed by atoms with Gasteiger partial charge in [0, 0.05) is 19.1 Å². The third kappa shape index (κ3) is 5.86. The van der Waals surface area contributed by atoms with Gasteiger partial charge in [-0.05, 0) is 26.7 Å². The zero-order chi connectivity index (χ0) is 13.5. The topological polar surface area (TPSA) is 78.9 Å². The van der Waals surface area contributed by atoms with Crippen LogP contribution >= 0.6 is 0 Å². The van der Waals surface area contributed by atoms with Gasteiger partial charge in [0.1, 0.15) is 0 Å². The first-order chi connectivity index (χ1) is 8.50. The third-order valence-corrected chi connectivity index (χ3v) is 2.64. The van der Waals surface area contributed by atoms with E-state index in [1.54, 1.807) is 4.90 Å². The van der Waals surface area contributed by atoms with Crippen LogP contribution in [0.5, 0.6) is 0 Å². The number of urea groups is 1. The molecule has 0 unspecified atom stereocenters. The van der Waals surface area contributed by atoms with Crippen molar-refractivity contribution in [2.24, 2.45) is 0 Å². The lowest BCUT2D eigenvalue weighted by Gasteiger charge is -2.22. The van der Waals surface area contributed by atoms with E-state index in [2.05, 4.69) is 5.32 Å². The quantitative estimate of drug-likeness (QED) is 0.638. The molecule has 0 bridgehead atoms. The molecule has 0 aromatic rings. The van der Waals surface area contributed by atoms with Crippen LogP contribution in [0, 0.1) is 0 Å². The highest BCUT2D eigenvalue weighted by atomic mass is 16.5. The number of aliphatic carboxylic acids is 1. The van der Waals surface area contributed by atoms with Crippen molar-refractivity contribution in [2.45, 2.75) is 45.3 Å². The van der Waals surface area contributed by atoms with Crippen molar-refractivity contribution in [2.75, 3.05) is 19.7 Å². The highest BCUT2D eigenvalue weighted by molar-refractivity contribution is 5.76. The van der Waals surface area contributed by atoms with Crippen LogP contribution in [0.15, 0.2) is 0 Å². The second-order valence-corrected chi connectivity index (χ2v) is 4.72. The predicted molar refractivity (Wildman–Crippen MR) is 66.5 cm³/mol. The fourth-order valence-electron chi connectivity index (χ4n) is 1.61. The van der Waals surface area contributed by atoms with E-state index in [-0.39, 0.29) is 31.1 Å². The van der Waals surface area contributed by atoms with Gasteiger partial charge in [-0.1, -0.05) is 0 Å². The standard InChI is InChI=1S/C12H22N2O4/c1-9(2)18-8-6-13-12(17)14(10-3-4-10)7-5-11(15)16/h9-10H,3-8H2,1-2H3,(H,13,17)(H,15,16). The summed E-state index contributed by atoms with van der Waals surface area (Å²) in [6, 6.07) is 0.0291. The number of nitrogens with zero attached hydrogens (tertiary/aromatic N) is 1. The summed E-state index contributed by atoms with van der Waals surface area (Å²) in [5, 5.41) is 11.4. The first-order valence-electron chi connectivity index (χ1n) is 6.38. The van der Waals surface area contributed by atoms with Gasteiger partial charge in [0.15, 0.2) is 0 Å². The van der Waals surface area contributed by atoms with Crippen LogP contribution in [0.25, 0.3) is 0 Å². The van der Waals surface area contributed by atoms with Crippen LogP contribution in [0.2, 0.25) is 0 Å². The Bertz CT molecular complexity index is 290. The van der Waals surface area contributed by atoms with Crippen LogP contribution in [-0.2, 0) is 9.53 Å². The highest BCUT2D eigenvalue weighted by Crippen LogP contribution is 2.26. The summed E-state index contributed by atoms with van der Waals surface area (Å²) < 4.78 is 5.32. The van der Waals surface area contributed by atoms with Crippen molar-refractivity contribution < 1.29 is 19.4 Å². The van der Waals surface area contributed by atoms with Crippen LogP contribution in [0.3, 0.4) is 0 Å². The third-order valence-electron chi connectivity index (χ3n) is 2.64. The second-order valence-electron chi connectivity index (χ2n) is 4.72. The van der Waals surface area contributed by atoms with E-state index in [1.807, 2.05) is 13.8 Å². The van der Waals surface area contributed by atoms with Gasteiger partial charge in [0.25, 0.3) is 0 Å². The summed E-state index contributed by atoms with van der Waals surface area (Å²) in [5.41, 5.74) is 0. The molecule has 0 saturated heterocycles. The van der Waals surface area contributed by atoms with Gasteiger partial charge in [-0.25, -0.2) is 4.79 Å². The molecule has 2 amide bonds. The molecule has 1 aliphatic rings. The first kappa shape index (κ1) is 14.8. The van der Waals surface area contributed by atoms with Gasteiger partial charge in [0.05, 0.1) is 19.1 Å². The van der Waals surface area contributed by atoms with Gasteiger partial charge in [-0.3, -0.25) is 4.79 Å². The maximum Gasteiger partial charge on any atom is 0.317 e. The van der Waals surface area contributed by atoms with Crippen molar-refractivity contribution in [3.63, 3.8) is 0 Å². The zero-order valence-electron chi connectivity index (χ0n) is 11.0. The molecule has 0 aromatic heterocycles. The van der Waals surface area contributed by atoms with Crippen LogP contribution < -0.4 is 5.32 Å². The van der Waals surface area contributed by atoms with Gasteiger partial charge >= 0.3 is 12.0 Å². The molecule has 0 radical (unpaired) electrons. The van der Waals surface area contributed by atoms with Crippen LogP contribution in [-0.4, -0.2) is 53.8 Å². The highest BCUT2D eigenvalue weighted by Gasteiger charge is 2.32. The number of carboxylic acids is 1. The smallest absolute Gasteiger partial charge is 0.317 e. The molecule has 0 aliphatic heterocycles. The van der Waals surface area contributed by atoms with Crippen molar-refractivity contribution >= 4 is 12.0 Å². The van der Waals surface area contributed by atoms with E-state index in [9.17, 15) is 9.59 Å². The maximum absolute atomic E-state index is 11.8. The SMILES string of the molecule is CC(C)OCCNC(=O)N(CCC(=O)O)C1CC1. The van der Waals surface area contributed by atoms with Crippen LogP contribution in [0.4, 0.5) is 4.79 Å². The number of nitrogens with one attached hydrogen (secondary N) is 1. The molecular formula is C12H22N2O4. The number of carbonyl (C=O) groups is 2. The summed E-state index contributed by atoms with van der Waals surface area (Å²) in [5.74, 6) is -0.878. The number of hydrogen-bond acceptors (Lipinski definition) is 3. The van der Waals surface area contributed by atoms with Crippen molar-refractivity contribution in [3.8, 4) is 0 Å². The van der Waals surface area contributed by atoms with Gasteiger partial charge in [-0.15, -0.1) is 0 Å². The Balaban J connectivity index is 2.24.